The second-order valence-corrected chi connectivity index (χ2v) is 5.09. The molecule has 5 heteroatoms. The molecule has 0 radical (unpaired) electrons. The summed E-state index contributed by atoms with van der Waals surface area (Å²) in [6, 6.07) is 5.88. The van der Waals surface area contributed by atoms with E-state index in [0.717, 1.165) is 16.9 Å². The van der Waals surface area contributed by atoms with Gasteiger partial charge < -0.3 is 15.5 Å². The zero-order valence-corrected chi connectivity index (χ0v) is 11.5. The lowest BCUT2D eigenvalue weighted by Gasteiger charge is -2.16. The van der Waals surface area contributed by atoms with E-state index in [1.54, 1.807) is 0 Å². The van der Waals surface area contributed by atoms with Gasteiger partial charge in [-0.05, 0) is 30.7 Å². The van der Waals surface area contributed by atoms with E-state index in [9.17, 15) is 9.59 Å². The highest BCUT2D eigenvalue weighted by Crippen LogP contribution is 2.22. The molecule has 1 unspecified atom stereocenters. The largest absolute Gasteiger partial charge is 0.378 e. The topological polar surface area (TPSA) is 61.4 Å². The average molecular weight is 261 g/mol. The number of rotatable bonds is 3. The van der Waals surface area contributed by atoms with Crippen LogP contribution in [-0.2, 0) is 9.59 Å². The van der Waals surface area contributed by atoms with Crippen LogP contribution in [0.25, 0.3) is 0 Å². The molecular weight excluding hydrogens is 242 g/mol. The van der Waals surface area contributed by atoms with Gasteiger partial charge in [0.05, 0.1) is 5.92 Å². The average Bonchev–Trinajstić information content (AvgIpc) is 2.78. The minimum absolute atomic E-state index is 0.0557. The lowest BCUT2D eigenvalue weighted by Crippen LogP contribution is -2.25. The molecule has 0 aromatic heterocycles. The fourth-order valence-electron chi connectivity index (χ4n) is 2.09. The molecule has 1 aliphatic rings. The zero-order chi connectivity index (χ0) is 14.0. The summed E-state index contributed by atoms with van der Waals surface area (Å²) in [5, 5.41) is 5.56. The first-order chi connectivity index (χ1) is 8.97. The van der Waals surface area contributed by atoms with Crippen LogP contribution in [-0.4, -0.2) is 32.5 Å². The van der Waals surface area contributed by atoms with Crippen molar-refractivity contribution in [3.63, 3.8) is 0 Å². The van der Waals surface area contributed by atoms with Gasteiger partial charge in [-0.2, -0.15) is 0 Å². The summed E-state index contributed by atoms with van der Waals surface area (Å²) in [5.41, 5.74) is 2.90. The smallest absolute Gasteiger partial charge is 0.229 e. The third kappa shape index (κ3) is 3.05. The van der Waals surface area contributed by atoms with Gasteiger partial charge in [-0.15, -0.1) is 0 Å². The molecule has 5 nitrogen and oxygen atoms in total. The van der Waals surface area contributed by atoms with Crippen LogP contribution in [0.5, 0.6) is 0 Å². The van der Waals surface area contributed by atoms with Crippen LogP contribution in [0.2, 0.25) is 0 Å². The van der Waals surface area contributed by atoms with Crippen LogP contribution in [0.1, 0.15) is 12.0 Å². The van der Waals surface area contributed by atoms with Crippen molar-refractivity contribution in [2.45, 2.75) is 13.3 Å². The van der Waals surface area contributed by atoms with Crippen LogP contribution in [0.4, 0.5) is 11.4 Å². The molecule has 1 heterocycles. The highest BCUT2D eigenvalue weighted by molar-refractivity contribution is 5.97. The molecule has 19 heavy (non-hydrogen) atoms. The zero-order valence-electron chi connectivity index (χ0n) is 11.5. The van der Waals surface area contributed by atoms with E-state index < -0.39 is 0 Å². The second kappa shape index (κ2) is 5.30. The third-order valence-electron chi connectivity index (χ3n) is 3.33. The summed E-state index contributed by atoms with van der Waals surface area (Å²) in [6.45, 7) is 2.39. The van der Waals surface area contributed by atoms with E-state index in [-0.39, 0.29) is 24.2 Å². The number of hydrogen-bond acceptors (Lipinski definition) is 3. The Bertz CT molecular complexity index is 511. The number of amides is 2. The number of anilines is 2. The number of benzene rings is 1. The highest BCUT2D eigenvalue weighted by Gasteiger charge is 2.28. The maximum Gasteiger partial charge on any atom is 0.229 e. The Hall–Kier alpha value is -2.04. The minimum Gasteiger partial charge on any atom is -0.378 e. The van der Waals surface area contributed by atoms with Crippen molar-refractivity contribution in [3.8, 4) is 0 Å². The van der Waals surface area contributed by atoms with Gasteiger partial charge in [0.25, 0.3) is 0 Å². The van der Waals surface area contributed by atoms with Crippen molar-refractivity contribution < 1.29 is 9.59 Å². The molecule has 1 aromatic carbocycles. The standard InChI is InChI=1S/C14H19N3O2/c1-9-6-11(17(2)3)4-5-12(9)16-14(19)10-7-13(18)15-8-10/h4-6,10H,7-8H2,1-3H3,(H,15,18)(H,16,19). The van der Waals surface area contributed by atoms with Gasteiger partial charge in [-0.3, -0.25) is 9.59 Å². The first-order valence-corrected chi connectivity index (χ1v) is 6.33. The Labute approximate surface area is 113 Å². The number of aryl methyl sites for hydroxylation is 1. The fraction of sp³-hybridized carbons (Fsp3) is 0.429. The van der Waals surface area contributed by atoms with Crippen molar-refractivity contribution >= 4 is 23.2 Å². The summed E-state index contributed by atoms with van der Waals surface area (Å²) >= 11 is 0. The molecule has 2 amide bonds. The van der Waals surface area contributed by atoms with Gasteiger partial charge >= 0.3 is 0 Å². The molecule has 1 fully saturated rings. The molecular formula is C14H19N3O2. The first-order valence-electron chi connectivity index (χ1n) is 6.33. The van der Waals surface area contributed by atoms with Gasteiger partial charge in [0, 0.05) is 38.4 Å². The molecule has 0 spiro atoms. The number of hydrogen-bond donors (Lipinski definition) is 2. The Morgan fingerprint density at radius 3 is 2.68 bits per heavy atom. The molecule has 0 bridgehead atoms. The maximum absolute atomic E-state index is 12.0. The molecule has 1 aliphatic heterocycles. The predicted octanol–water partition coefficient (Wildman–Crippen LogP) is 1.14. The molecule has 102 valence electrons. The monoisotopic (exact) mass is 261 g/mol. The van der Waals surface area contributed by atoms with Crippen LogP contribution >= 0.6 is 0 Å². The lowest BCUT2D eigenvalue weighted by molar-refractivity contribution is -0.123. The number of carbonyl (C=O) groups is 2. The van der Waals surface area contributed by atoms with Crippen molar-refractivity contribution in [2.24, 2.45) is 5.92 Å². The normalized spacial score (nSPS) is 18.1. The number of nitrogens with zero attached hydrogens (tertiary/aromatic N) is 1. The van der Waals surface area contributed by atoms with Crippen LogP contribution in [0.15, 0.2) is 18.2 Å². The van der Waals surface area contributed by atoms with Crippen molar-refractivity contribution in [2.75, 3.05) is 30.9 Å². The van der Waals surface area contributed by atoms with Crippen molar-refractivity contribution in [1.29, 1.82) is 0 Å². The van der Waals surface area contributed by atoms with E-state index in [1.165, 1.54) is 0 Å². The Balaban J connectivity index is 2.07. The van der Waals surface area contributed by atoms with E-state index in [2.05, 4.69) is 10.6 Å². The third-order valence-corrected chi connectivity index (χ3v) is 3.33. The van der Waals surface area contributed by atoms with Crippen molar-refractivity contribution in [1.82, 2.24) is 5.32 Å². The number of carbonyl (C=O) groups excluding carboxylic acids is 2. The fourth-order valence-corrected chi connectivity index (χ4v) is 2.09. The van der Waals surface area contributed by atoms with E-state index >= 15 is 0 Å². The van der Waals surface area contributed by atoms with Gasteiger partial charge in [0.15, 0.2) is 0 Å². The summed E-state index contributed by atoms with van der Waals surface area (Å²) in [7, 11) is 3.95. The molecule has 1 atom stereocenters. The summed E-state index contributed by atoms with van der Waals surface area (Å²) in [4.78, 5) is 25.1. The van der Waals surface area contributed by atoms with Gasteiger partial charge in [-0.25, -0.2) is 0 Å². The highest BCUT2D eigenvalue weighted by atomic mass is 16.2. The van der Waals surface area contributed by atoms with E-state index in [4.69, 9.17) is 0 Å². The second-order valence-electron chi connectivity index (χ2n) is 5.09. The quantitative estimate of drug-likeness (QED) is 0.857. The van der Waals surface area contributed by atoms with Crippen LogP contribution < -0.4 is 15.5 Å². The summed E-state index contributed by atoms with van der Waals surface area (Å²) < 4.78 is 0. The number of nitrogens with one attached hydrogen (secondary N) is 2. The lowest BCUT2D eigenvalue weighted by atomic mass is 10.1. The molecule has 1 aromatic rings. The Kier molecular flexibility index (Phi) is 3.74. The van der Waals surface area contributed by atoms with Crippen LogP contribution in [0.3, 0.4) is 0 Å². The van der Waals surface area contributed by atoms with Gasteiger partial charge in [0.1, 0.15) is 0 Å². The van der Waals surface area contributed by atoms with Crippen molar-refractivity contribution in [3.05, 3.63) is 23.8 Å². The molecule has 0 aliphatic carbocycles. The molecule has 2 rings (SSSR count). The Morgan fingerprint density at radius 2 is 2.16 bits per heavy atom. The first kappa shape index (κ1) is 13.4. The maximum atomic E-state index is 12.0. The van der Waals surface area contributed by atoms with Crippen LogP contribution in [0, 0.1) is 12.8 Å². The summed E-state index contributed by atoms with van der Waals surface area (Å²) in [5.74, 6) is -0.417. The minimum atomic E-state index is -0.263. The molecule has 1 saturated heterocycles. The predicted molar refractivity (Wildman–Crippen MR) is 75.3 cm³/mol. The summed E-state index contributed by atoms with van der Waals surface area (Å²) in [6.07, 6.45) is 0.278. The molecule has 2 N–H and O–H groups in total. The van der Waals surface area contributed by atoms with Gasteiger partial charge in [-0.1, -0.05) is 0 Å². The van der Waals surface area contributed by atoms with E-state index in [1.807, 2.05) is 44.1 Å². The molecule has 0 saturated carbocycles. The Morgan fingerprint density at radius 1 is 1.42 bits per heavy atom. The van der Waals surface area contributed by atoms with E-state index in [0.29, 0.717) is 6.54 Å². The SMILES string of the molecule is Cc1cc(N(C)C)ccc1NC(=O)C1CNC(=O)C1. The van der Waals surface area contributed by atoms with Gasteiger partial charge in [0.2, 0.25) is 11.8 Å².